The summed E-state index contributed by atoms with van der Waals surface area (Å²) in [5, 5.41) is 8.21. The normalized spacial score (nSPS) is 8.73. The van der Waals surface area contributed by atoms with Crippen LogP contribution in [0.5, 0.6) is 0 Å². The summed E-state index contributed by atoms with van der Waals surface area (Å²) in [7, 11) is 0. The van der Waals surface area contributed by atoms with E-state index in [2.05, 4.69) is 16.6 Å². The summed E-state index contributed by atoms with van der Waals surface area (Å²) in [6, 6.07) is 0. The number of carbonyl (C=O) groups is 1. The van der Waals surface area contributed by atoms with Gasteiger partial charge >= 0.3 is 5.97 Å². The van der Waals surface area contributed by atoms with E-state index in [0.29, 0.717) is 12.5 Å². The molecule has 0 aliphatic heterocycles. The van der Waals surface area contributed by atoms with Gasteiger partial charge in [0.25, 0.3) is 0 Å². The highest BCUT2D eigenvalue weighted by atomic mass is 16.5. The van der Waals surface area contributed by atoms with Gasteiger partial charge in [0.15, 0.2) is 0 Å². The van der Waals surface area contributed by atoms with E-state index in [1.165, 1.54) is 0 Å². The van der Waals surface area contributed by atoms with Crippen LogP contribution in [0.4, 0.5) is 0 Å². The number of hydrogen-bond donors (Lipinski definition) is 1. The van der Waals surface area contributed by atoms with Crippen LogP contribution in [-0.4, -0.2) is 24.3 Å². The van der Waals surface area contributed by atoms with Crippen LogP contribution in [0.15, 0.2) is 0 Å². The SMILES string of the molecule is CC(C)COC(=O)C#CCO. The molecule has 0 amide bonds. The molecule has 0 atom stereocenters. The number of rotatable bonds is 2. The second-order valence-corrected chi connectivity index (χ2v) is 2.45. The van der Waals surface area contributed by atoms with Crippen LogP contribution in [0.2, 0.25) is 0 Å². The van der Waals surface area contributed by atoms with Crippen molar-refractivity contribution in [1.29, 1.82) is 0 Å². The average molecular weight is 156 g/mol. The molecular weight excluding hydrogens is 144 g/mol. The van der Waals surface area contributed by atoms with Gasteiger partial charge < -0.3 is 9.84 Å². The Morgan fingerprint density at radius 2 is 2.27 bits per heavy atom. The maximum atomic E-state index is 10.6. The van der Waals surface area contributed by atoms with Crippen molar-refractivity contribution < 1.29 is 14.6 Å². The molecule has 0 fully saturated rings. The Morgan fingerprint density at radius 3 is 2.73 bits per heavy atom. The molecule has 0 aromatic rings. The molecule has 0 saturated heterocycles. The van der Waals surface area contributed by atoms with Crippen LogP contribution in [0.25, 0.3) is 0 Å². The van der Waals surface area contributed by atoms with E-state index in [1.54, 1.807) is 0 Å². The van der Waals surface area contributed by atoms with E-state index in [9.17, 15) is 4.79 Å². The van der Waals surface area contributed by atoms with Crippen LogP contribution in [0, 0.1) is 17.8 Å². The van der Waals surface area contributed by atoms with E-state index in [1.807, 2.05) is 13.8 Å². The highest BCUT2D eigenvalue weighted by Crippen LogP contribution is 1.91. The van der Waals surface area contributed by atoms with Gasteiger partial charge in [-0.05, 0) is 5.92 Å². The van der Waals surface area contributed by atoms with Crippen LogP contribution < -0.4 is 0 Å². The van der Waals surface area contributed by atoms with Gasteiger partial charge in [0, 0.05) is 5.92 Å². The van der Waals surface area contributed by atoms with Crippen LogP contribution in [0.1, 0.15) is 13.8 Å². The molecule has 11 heavy (non-hydrogen) atoms. The van der Waals surface area contributed by atoms with Gasteiger partial charge in [0.1, 0.15) is 6.61 Å². The molecule has 0 radical (unpaired) electrons. The first-order valence-corrected chi connectivity index (χ1v) is 3.43. The standard InChI is InChI=1S/C8H12O3/c1-7(2)6-11-8(10)4-3-5-9/h7,9H,5-6H2,1-2H3. The highest BCUT2D eigenvalue weighted by Gasteiger charge is 1.98. The van der Waals surface area contributed by atoms with E-state index in [0.717, 1.165) is 0 Å². The Hall–Kier alpha value is -1.01. The lowest BCUT2D eigenvalue weighted by atomic mass is 10.2. The monoisotopic (exact) mass is 156 g/mol. The lowest BCUT2D eigenvalue weighted by molar-refractivity contribution is -0.137. The molecule has 3 nitrogen and oxygen atoms in total. The Morgan fingerprint density at radius 1 is 1.64 bits per heavy atom. The van der Waals surface area contributed by atoms with Crippen molar-refractivity contribution in [1.82, 2.24) is 0 Å². The van der Waals surface area contributed by atoms with Gasteiger partial charge in [-0.1, -0.05) is 19.8 Å². The van der Waals surface area contributed by atoms with Crippen molar-refractivity contribution in [3.8, 4) is 11.8 Å². The van der Waals surface area contributed by atoms with Gasteiger partial charge in [0.05, 0.1) is 6.61 Å². The van der Waals surface area contributed by atoms with Gasteiger partial charge in [-0.15, -0.1) is 0 Å². The molecule has 0 saturated carbocycles. The van der Waals surface area contributed by atoms with Crippen molar-refractivity contribution in [2.24, 2.45) is 5.92 Å². The maximum absolute atomic E-state index is 10.6. The smallest absolute Gasteiger partial charge is 0.384 e. The Bertz CT molecular complexity index is 174. The maximum Gasteiger partial charge on any atom is 0.384 e. The fraction of sp³-hybridized carbons (Fsp3) is 0.625. The minimum Gasteiger partial charge on any atom is -0.456 e. The zero-order chi connectivity index (χ0) is 8.69. The molecule has 0 bridgehead atoms. The third-order valence-electron chi connectivity index (χ3n) is 0.817. The molecule has 3 heteroatoms. The van der Waals surface area contributed by atoms with Crippen molar-refractivity contribution in [3.05, 3.63) is 0 Å². The van der Waals surface area contributed by atoms with E-state index in [4.69, 9.17) is 5.11 Å². The van der Waals surface area contributed by atoms with Crippen LogP contribution in [-0.2, 0) is 9.53 Å². The van der Waals surface area contributed by atoms with Gasteiger partial charge in [-0.2, -0.15) is 0 Å². The quantitative estimate of drug-likeness (QED) is 0.352. The first-order chi connectivity index (χ1) is 5.16. The van der Waals surface area contributed by atoms with Crippen molar-refractivity contribution in [3.63, 3.8) is 0 Å². The fourth-order valence-electron chi connectivity index (χ4n) is 0.390. The molecule has 0 aliphatic rings. The third kappa shape index (κ3) is 6.88. The van der Waals surface area contributed by atoms with E-state index >= 15 is 0 Å². The number of carbonyl (C=O) groups excluding carboxylic acids is 1. The van der Waals surface area contributed by atoms with Crippen molar-refractivity contribution in [2.45, 2.75) is 13.8 Å². The van der Waals surface area contributed by atoms with Crippen molar-refractivity contribution in [2.75, 3.05) is 13.2 Å². The molecule has 0 aliphatic carbocycles. The molecule has 0 unspecified atom stereocenters. The zero-order valence-electron chi connectivity index (χ0n) is 6.76. The number of aliphatic hydroxyl groups is 1. The molecule has 1 N–H and O–H groups in total. The number of ether oxygens (including phenoxy) is 1. The second kappa shape index (κ2) is 5.75. The lowest BCUT2D eigenvalue weighted by Gasteiger charge is -2.01. The predicted octanol–water partition coefficient (Wildman–Crippen LogP) is 0.181. The highest BCUT2D eigenvalue weighted by molar-refractivity contribution is 5.88. The summed E-state index contributed by atoms with van der Waals surface area (Å²) in [6.45, 7) is 3.94. The molecule has 62 valence electrons. The summed E-state index contributed by atoms with van der Waals surface area (Å²) in [6.07, 6.45) is 0. The molecule has 0 aromatic carbocycles. The largest absolute Gasteiger partial charge is 0.456 e. The summed E-state index contributed by atoms with van der Waals surface area (Å²) < 4.78 is 4.68. The molecule has 0 aromatic heterocycles. The molecule has 0 rings (SSSR count). The Kier molecular flexibility index (Phi) is 5.22. The Labute approximate surface area is 66.4 Å². The van der Waals surface area contributed by atoms with Gasteiger partial charge in [-0.25, -0.2) is 4.79 Å². The number of esters is 1. The Balaban J connectivity index is 3.53. The van der Waals surface area contributed by atoms with Crippen LogP contribution >= 0.6 is 0 Å². The minimum atomic E-state index is -0.576. The second-order valence-electron chi connectivity index (χ2n) is 2.45. The first kappa shape index (κ1) is 9.99. The predicted molar refractivity (Wildman–Crippen MR) is 40.7 cm³/mol. The van der Waals surface area contributed by atoms with E-state index < -0.39 is 5.97 Å². The average Bonchev–Trinajstić information content (AvgIpc) is 1.97. The van der Waals surface area contributed by atoms with E-state index in [-0.39, 0.29) is 6.61 Å². The topological polar surface area (TPSA) is 46.5 Å². The summed E-state index contributed by atoms with van der Waals surface area (Å²) in [5.74, 6) is 4.07. The summed E-state index contributed by atoms with van der Waals surface area (Å²) in [5.41, 5.74) is 0. The minimum absolute atomic E-state index is 0.309. The molecular formula is C8H12O3. The van der Waals surface area contributed by atoms with Crippen LogP contribution in [0.3, 0.4) is 0 Å². The third-order valence-corrected chi connectivity index (χ3v) is 0.817. The number of hydrogen-bond acceptors (Lipinski definition) is 3. The summed E-state index contributed by atoms with van der Waals surface area (Å²) >= 11 is 0. The lowest BCUT2D eigenvalue weighted by Crippen LogP contribution is -2.07. The number of aliphatic hydroxyl groups excluding tert-OH is 1. The molecule has 0 heterocycles. The van der Waals surface area contributed by atoms with Crippen molar-refractivity contribution >= 4 is 5.97 Å². The summed E-state index contributed by atoms with van der Waals surface area (Å²) in [4.78, 5) is 10.6. The molecule has 0 spiro atoms. The fourth-order valence-corrected chi connectivity index (χ4v) is 0.390. The van der Waals surface area contributed by atoms with Gasteiger partial charge in [0.2, 0.25) is 0 Å². The van der Waals surface area contributed by atoms with Gasteiger partial charge in [-0.3, -0.25) is 0 Å². The zero-order valence-corrected chi connectivity index (χ0v) is 6.76. The first-order valence-electron chi connectivity index (χ1n) is 3.43.